The topological polar surface area (TPSA) is 73.8 Å². The van der Waals surface area contributed by atoms with Crippen LogP contribution < -0.4 is 5.73 Å². The van der Waals surface area contributed by atoms with E-state index >= 15 is 0 Å². The number of rotatable bonds is 6. The summed E-state index contributed by atoms with van der Waals surface area (Å²) in [6.07, 6.45) is 6.54. The van der Waals surface area contributed by atoms with Crippen LogP contribution in [0.15, 0.2) is 35.5 Å². The van der Waals surface area contributed by atoms with Crippen LogP contribution in [0.5, 0.6) is 0 Å². The van der Waals surface area contributed by atoms with Crippen LogP contribution in [0.1, 0.15) is 50.3 Å². The fourth-order valence-corrected chi connectivity index (χ4v) is 3.78. The van der Waals surface area contributed by atoms with Gasteiger partial charge in [0, 0.05) is 18.1 Å². The Hall–Kier alpha value is -1.82. The van der Waals surface area contributed by atoms with Gasteiger partial charge < -0.3 is 5.73 Å². The molecule has 0 unspecified atom stereocenters. The molecule has 6 heteroatoms. The molecule has 5 nitrogen and oxygen atoms in total. The third-order valence-electron chi connectivity index (χ3n) is 4.16. The van der Waals surface area contributed by atoms with Crippen molar-refractivity contribution in [2.45, 2.75) is 49.6 Å². The van der Waals surface area contributed by atoms with Crippen LogP contribution in [-0.2, 0) is 4.79 Å². The Labute approximate surface area is 140 Å². The quantitative estimate of drug-likeness (QED) is 0.825. The van der Waals surface area contributed by atoms with Crippen LogP contribution in [0.25, 0.3) is 5.69 Å². The molecule has 0 bridgehead atoms. The van der Waals surface area contributed by atoms with Crippen molar-refractivity contribution in [3.05, 3.63) is 36.2 Å². The van der Waals surface area contributed by atoms with Gasteiger partial charge in [0.25, 0.3) is 0 Å². The first-order valence-corrected chi connectivity index (χ1v) is 9.16. The second-order valence-corrected chi connectivity index (χ2v) is 6.96. The van der Waals surface area contributed by atoms with Crippen molar-refractivity contribution in [3.8, 4) is 5.69 Å². The zero-order chi connectivity index (χ0) is 16.1. The maximum Gasteiger partial charge on any atom is 0.218 e. The maximum absolute atomic E-state index is 10.9. The highest BCUT2D eigenvalue weighted by Crippen LogP contribution is 2.33. The Morgan fingerprint density at radius 2 is 1.96 bits per heavy atom. The maximum atomic E-state index is 10.9. The van der Waals surface area contributed by atoms with E-state index in [4.69, 9.17) is 10.7 Å². The number of benzene rings is 1. The molecule has 122 valence electrons. The molecule has 1 fully saturated rings. The lowest BCUT2D eigenvalue weighted by molar-refractivity contribution is -0.117. The van der Waals surface area contributed by atoms with E-state index in [-0.39, 0.29) is 5.91 Å². The summed E-state index contributed by atoms with van der Waals surface area (Å²) in [4.78, 5) is 15.7. The molecule has 1 saturated carbocycles. The summed E-state index contributed by atoms with van der Waals surface area (Å²) in [6.45, 7) is 0. The van der Waals surface area contributed by atoms with Crippen molar-refractivity contribution < 1.29 is 4.79 Å². The molecule has 1 aromatic heterocycles. The number of nitrogens with two attached hydrogens (primary N) is 1. The molecule has 23 heavy (non-hydrogen) atoms. The molecule has 0 radical (unpaired) electrons. The standard InChI is InChI=1S/C17H22N4OS/c18-15(22)11-12-23-17-19-16(13-7-3-1-4-8-13)21(20-17)14-9-5-2-6-10-14/h2,5-6,9-10,13H,1,3-4,7-8,11-12H2,(H2,18,22). The van der Waals surface area contributed by atoms with Crippen molar-refractivity contribution in [3.63, 3.8) is 0 Å². The Kier molecular flexibility index (Phi) is 5.33. The molecule has 0 spiro atoms. The zero-order valence-corrected chi connectivity index (χ0v) is 14.0. The minimum Gasteiger partial charge on any atom is -0.370 e. The van der Waals surface area contributed by atoms with E-state index in [1.165, 1.54) is 43.9 Å². The van der Waals surface area contributed by atoms with Crippen LogP contribution in [0.4, 0.5) is 0 Å². The summed E-state index contributed by atoms with van der Waals surface area (Å²) >= 11 is 1.50. The second-order valence-electron chi connectivity index (χ2n) is 5.90. The SMILES string of the molecule is NC(=O)CCSc1nc(C2CCCCC2)n(-c2ccccc2)n1. The molecule has 2 aromatic rings. The van der Waals surface area contributed by atoms with Crippen LogP contribution in [0, 0.1) is 0 Å². The molecule has 1 amide bonds. The summed E-state index contributed by atoms with van der Waals surface area (Å²) in [5, 5.41) is 5.40. The molecule has 0 saturated heterocycles. The van der Waals surface area contributed by atoms with E-state index < -0.39 is 0 Å². The first-order chi connectivity index (χ1) is 11.2. The van der Waals surface area contributed by atoms with Crippen LogP contribution in [0.2, 0.25) is 0 Å². The van der Waals surface area contributed by atoms with E-state index in [0.29, 0.717) is 18.1 Å². The second kappa shape index (κ2) is 7.64. The van der Waals surface area contributed by atoms with Gasteiger partial charge in [-0.3, -0.25) is 4.79 Å². The number of hydrogen-bond acceptors (Lipinski definition) is 4. The number of aromatic nitrogens is 3. The van der Waals surface area contributed by atoms with Crippen LogP contribution in [0.3, 0.4) is 0 Å². The third kappa shape index (κ3) is 4.13. The van der Waals surface area contributed by atoms with E-state index in [2.05, 4.69) is 17.2 Å². The lowest BCUT2D eigenvalue weighted by Crippen LogP contribution is -2.12. The predicted molar refractivity (Wildman–Crippen MR) is 91.7 cm³/mol. The van der Waals surface area contributed by atoms with E-state index in [9.17, 15) is 4.79 Å². The van der Waals surface area contributed by atoms with Gasteiger partial charge in [0.05, 0.1) is 5.69 Å². The number of para-hydroxylation sites is 1. The third-order valence-corrected chi connectivity index (χ3v) is 5.00. The minimum atomic E-state index is -0.285. The number of nitrogens with zero attached hydrogens (tertiary/aromatic N) is 3. The fourth-order valence-electron chi connectivity index (χ4n) is 2.99. The Bertz CT molecular complexity index is 650. The van der Waals surface area contributed by atoms with Crippen molar-refractivity contribution in [2.24, 2.45) is 5.73 Å². The van der Waals surface area contributed by atoms with Gasteiger partial charge in [-0.05, 0) is 25.0 Å². The minimum absolute atomic E-state index is 0.285. The normalized spacial score (nSPS) is 15.7. The van der Waals surface area contributed by atoms with Gasteiger partial charge in [-0.15, -0.1) is 5.10 Å². The number of thioether (sulfide) groups is 1. The van der Waals surface area contributed by atoms with Crippen molar-refractivity contribution in [2.75, 3.05) is 5.75 Å². The molecule has 3 rings (SSSR count). The molecule has 1 aliphatic carbocycles. The van der Waals surface area contributed by atoms with E-state index in [1.807, 2.05) is 22.9 Å². The van der Waals surface area contributed by atoms with Gasteiger partial charge >= 0.3 is 0 Å². The summed E-state index contributed by atoms with van der Waals surface area (Å²) in [5.41, 5.74) is 6.25. The van der Waals surface area contributed by atoms with Gasteiger partial charge in [0.2, 0.25) is 11.1 Å². The number of amides is 1. The fraction of sp³-hybridized carbons (Fsp3) is 0.471. The van der Waals surface area contributed by atoms with Crippen molar-refractivity contribution in [1.82, 2.24) is 14.8 Å². The highest BCUT2D eigenvalue weighted by Gasteiger charge is 2.23. The summed E-state index contributed by atoms with van der Waals surface area (Å²) in [5.74, 6) is 1.87. The molecule has 1 heterocycles. The number of primary amides is 1. The van der Waals surface area contributed by atoms with Crippen molar-refractivity contribution >= 4 is 17.7 Å². The Morgan fingerprint density at radius 3 is 2.65 bits per heavy atom. The summed E-state index contributed by atoms with van der Waals surface area (Å²) < 4.78 is 1.97. The monoisotopic (exact) mass is 330 g/mol. The van der Waals surface area contributed by atoms with E-state index in [0.717, 1.165) is 16.7 Å². The molecule has 1 aliphatic rings. The highest BCUT2D eigenvalue weighted by atomic mass is 32.2. The van der Waals surface area contributed by atoms with E-state index in [1.54, 1.807) is 0 Å². The Morgan fingerprint density at radius 1 is 1.22 bits per heavy atom. The van der Waals surface area contributed by atoms with Crippen molar-refractivity contribution in [1.29, 1.82) is 0 Å². The van der Waals surface area contributed by atoms with Gasteiger partial charge in [-0.2, -0.15) is 0 Å². The molecule has 2 N–H and O–H groups in total. The van der Waals surface area contributed by atoms with Crippen LogP contribution in [-0.4, -0.2) is 26.4 Å². The number of carbonyl (C=O) groups excluding carboxylic acids is 1. The molecular formula is C17H22N4OS. The largest absolute Gasteiger partial charge is 0.370 e. The molecule has 0 atom stereocenters. The average Bonchev–Trinajstić information content (AvgIpc) is 3.00. The summed E-state index contributed by atoms with van der Waals surface area (Å²) in [6, 6.07) is 10.1. The predicted octanol–water partition coefficient (Wildman–Crippen LogP) is 3.28. The van der Waals surface area contributed by atoms with Crippen LogP contribution >= 0.6 is 11.8 Å². The summed E-state index contributed by atoms with van der Waals surface area (Å²) in [7, 11) is 0. The zero-order valence-electron chi connectivity index (χ0n) is 13.1. The first-order valence-electron chi connectivity index (χ1n) is 8.17. The molecule has 0 aliphatic heterocycles. The van der Waals surface area contributed by atoms with Gasteiger partial charge in [0.15, 0.2) is 0 Å². The lowest BCUT2D eigenvalue weighted by atomic mass is 9.88. The smallest absolute Gasteiger partial charge is 0.218 e. The lowest BCUT2D eigenvalue weighted by Gasteiger charge is -2.21. The molecular weight excluding hydrogens is 308 g/mol. The molecule has 1 aromatic carbocycles. The average molecular weight is 330 g/mol. The van der Waals surface area contributed by atoms with Gasteiger partial charge in [-0.25, -0.2) is 9.67 Å². The first kappa shape index (κ1) is 16.1. The van der Waals surface area contributed by atoms with Gasteiger partial charge in [0.1, 0.15) is 5.82 Å². The van der Waals surface area contributed by atoms with Gasteiger partial charge in [-0.1, -0.05) is 49.2 Å². The number of carbonyl (C=O) groups is 1. The Balaban J connectivity index is 1.85. The highest BCUT2D eigenvalue weighted by molar-refractivity contribution is 7.99. The number of hydrogen-bond donors (Lipinski definition) is 1.